The van der Waals surface area contributed by atoms with Gasteiger partial charge < -0.3 is 18.7 Å². The molecule has 0 radical (unpaired) electrons. The Kier molecular flexibility index (Phi) is 5.13. The van der Waals surface area contributed by atoms with Crippen LogP contribution >= 0.6 is 0 Å². The van der Waals surface area contributed by atoms with E-state index in [-0.39, 0.29) is 33.7 Å². The molecule has 1 spiro atoms. The number of fused-ring (bicyclic) bond motifs is 3. The van der Waals surface area contributed by atoms with Gasteiger partial charge in [0.2, 0.25) is 5.88 Å². The minimum Gasteiger partial charge on any atom is -0.495 e. The van der Waals surface area contributed by atoms with E-state index in [1.54, 1.807) is 12.3 Å². The molecule has 11 nitrogen and oxygen atoms in total. The zero-order valence-electron chi connectivity index (χ0n) is 21.1. The van der Waals surface area contributed by atoms with Crippen molar-refractivity contribution in [2.75, 3.05) is 25.5 Å². The SMILES string of the molecule is COc1cc(C2CC2)nc(OC)c1S(=O)(=O)Nc1noc2cc(Cn3cccn3)c3c(c12)OCC1(CC1)C3. The van der Waals surface area contributed by atoms with Crippen molar-refractivity contribution >= 4 is 26.8 Å². The van der Waals surface area contributed by atoms with Crippen LogP contribution in [0.25, 0.3) is 11.0 Å². The summed E-state index contributed by atoms with van der Waals surface area (Å²) in [5.74, 6) is 1.07. The van der Waals surface area contributed by atoms with E-state index in [4.69, 9.17) is 18.7 Å². The van der Waals surface area contributed by atoms with Gasteiger partial charge in [-0.3, -0.25) is 9.40 Å². The lowest BCUT2D eigenvalue weighted by Gasteiger charge is -2.27. The van der Waals surface area contributed by atoms with Crippen molar-refractivity contribution in [1.82, 2.24) is 19.9 Å². The van der Waals surface area contributed by atoms with Gasteiger partial charge in [-0.2, -0.15) is 5.10 Å². The number of benzene rings is 1. The van der Waals surface area contributed by atoms with Crippen molar-refractivity contribution < 1.29 is 27.2 Å². The molecule has 1 aliphatic heterocycles. The van der Waals surface area contributed by atoms with Crippen molar-refractivity contribution in [3.05, 3.63) is 47.4 Å². The number of anilines is 1. The third kappa shape index (κ3) is 3.85. The lowest BCUT2D eigenvalue weighted by Crippen LogP contribution is -2.24. The number of nitrogens with one attached hydrogen (secondary N) is 1. The minimum absolute atomic E-state index is 0.0259. The standard InChI is InChI=1S/C26H27N5O6S/c1-34-20-11-18(15-4-5-15)28-25(35-2)23(20)38(32,33)30-24-21-19(37-29-24)10-16(13-31-9-3-8-27-31)17-12-26(6-7-26)14-36-22(17)21/h3,8-11,15H,4-7,12-14H2,1-2H3,(H,29,30). The fourth-order valence-electron chi connectivity index (χ4n) is 5.25. The van der Waals surface area contributed by atoms with E-state index < -0.39 is 10.0 Å². The van der Waals surface area contributed by atoms with Crippen LogP contribution in [0, 0.1) is 5.41 Å². The van der Waals surface area contributed by atoms with Gasteiger partial charge in [-0.1, -0.05) is 5.16 Å². The first-order valence-corrected chi connectivity index (χ1v) is 14.1. The topological polar surface area (TPSA) is 131 Å². The molecular formula is C26H27N5O6S. The summed E-state index contributed by atoms with van der Waals surface area (Å²) in [6, 6.07) is 5.44. The van der Waals surface area contributed by atoms with E-state index in [1.807, 2.05) is 23.0 Å². The predicted molar refractivity (Wildman–Crippen MR) is 136 cm³/mol. The van der Waals surface area contributed by atoms with Crippen molar-refractivity contribution in [3.63, 3.8) is 0 Å². The maximum atomic E-state index is 13.7. The van der Waals surface area contributed by atoms with Gasteiger partial charge in [-0.15, -0.1) is 0 Å². The number of nitrogens with zero attached hydrogens (tertiary/aromatic N) is 4. The summed E-state index contributed by atoms with van der Waals surface area (Å²) in [5, 5.41) is 8.93. The first kappa shape index (κ1) is 23.3. The van der Waals surface area contributed by atoms with Crippen molar-refractivity contribution in [2.45, 2.75) is 49.5 Å². The number of hydrogen-bond donors (Lipinski definition) is 1. The van der Waals surface area contributed by atoms with Crippen molar-refractivity contribution in [1.29, 1.82) is 0 Å². The molecule has 2 saturated carbocycles. The van der Waals surface area contributed by atoms with Crippen LogP contribution in [0.15, 0.2) is 40.0 Å². The van der Waals surface area contributed by atoms with Crippen LogP contribution in [-0.2, 0) is 23.0 Å². The van der Waals surface area contributed by atoms with Crippen molar-refractivity contribution in [2.24, 2.45) is 5.41 Å². The lowest BCUT2D eigenvalue weighted by molar-refractivity contribution is 0.209. The van der Waals surface area contributed by atoms with Crippen molar-refractivity contribution in [3.8, 4) is 17.4 Å². The molecule has 2 aliphatic carbocycles. The Morgan fingerprint density at radius 3 is 2.74 bits per heavy atom. The normalized spacial score (nSPS) is 17.7. The Balaban J connectivity index is 1.32. The molecule has 3 aliphatic rings. The summed E-state index contributed by atoms with van der Waals surface area (Å²) in [5.41, 5.74) is 3.37. The second kappa shape index (κ2) is 8.35. The Bertz CT molecular complexity index is 1630. The molecule has 3 aromatic heterocycles. The smallest absolute Gasteiger partial charge is 0.272 e. The maximum absolute atomic E-state index is 13.7. The lowest BCUT2D eigenvalue weighted by atomic mass is 9.89. The predicted octanol–water partition coefficient (Wildman–Crippen LogP) is 3.88. The number of rotatable bonds is 8. The van der Waals surface area contributed by atoms with Gasteiger partial charge in [0.05, 0.1) is 33.1 Å². The van der Waals surface area contributed by atoms with Gasteiger partial charge >= 0.3 is 0 Å². The molecule has 38 heavy (non-hydrogen) atoms. The molecule has 0 bridgehead atoms. The number of aromatic nitrogens is 4. The summed E-state index contributed by atoms with van der Waals surface area (Å²) < 4.78 is 54.7. The van der Waals surface area contributed by atoms with E-state index in [9.17, 15) is 8.42 Å². The summed E-state index contributed by atoms with van der Waals surface area (Å²) >= 11 is 0. The Hall–Kier alpha value is -3.80. The fraction of sp³-hybridized carbons (Fsp3) is 0.423. The number of hydrogen-bond acceptors (Lipinski definition) is 9. The zero-order valence-corrected chi connectivity index (χ0v) is 21.9. The second-order valence-electron chi connectivity index (χ2n) is 10.4. The molecule has 1 aromatic carbocycles. The van der Waals surface area contributed by atoms with Gasteiger partial charge in [-0.05, 0) is 49.8 Å². The largest absolute Gasteiger partial charge is 0.495 e. The summed E-state index contributed by atoms with van der Waals surface area (Å²) in [4.78, 5) is 4.27. The van der Waals surface area contributed by atoms with Gasteiger partial charge in [0.25, 0.3) is 10.0 Å². The molecule has 7 rings (SSSR count). The summed E-state index contributed by atoms with van der Waals surface area (Å²) in [7, 11) is -1.41. The molecule has 0 atom stereocenters. The number of ether oxygens (including phenoxy) is 3. The molecule has 198 valence electrons. The van der Waals surface area contributed by atoms with E-state index in [0.29, 0.717) is 29.9 Å². The number of methoxy groups -OCH3 is 2. The average Bonchev–Trinajstić information content (AvgIpc) is 3.81. The third-order valence-electron chi connectivity index (χ3n) is 7.67. The van der Waals surface area contributed by atoms with Crippen LogP contribution in [-0.4, -0.2) is 49.2 Å². The van der Waals surface area contributed by atoms with Crippen LogP contribution in [0.3, 0.4) is 0 Å². The summed E-state index contributed by atoms with van der Waals surface area (Å²) in [6.45, 7) is 1.12. The van der Waals surface area contributed by atoms with E-state index in [1.165, 1.54) is 14.2 Å². The van der Waals surface area contributed by atoms with Gasteiger partial charge in [0.1, 0.15) is 16.9 Å². The number of sulfonamides is 1. The molecule has 0 unspecified atom stereocenters. The third-order valence-corrected chi connectivity index (χ3v) is 9.05. The molecular weight excluding hydrogens is 510 g/mol. The number of pyridine rings is 1. The Morgan fingerprint density at radius 1 is 1.21 bits per heavy atom. The van der Waals surface area contributed by atoms with Crippen LogP contribution < -0.4 is 18.9 Å². The van der Waals surface area contributed by atoms with Crippen LogP contribution in [0.2, 0.25) is 0 Å². The molecule has 0 saturated heterocycles. The van der Waals surface area contributed by atoms with Crippen LogP contribution in [0.5, 0.6) is 17.4 Å². The highest BCUT2D eigenvalue weighted by molar-refractivity contribution is 7.93. The van der Waals surface area contributed by atoms with Crippen LogP contribution in [0.4, 0.5) is 5.82 Å². The molecule has 12 heteroatoms. The fourth-order valence-corrected chi connectivity index (χ4v) is 6.52. The average molecular weight is 538 g/mol. The highest BCUT2D eigenvalue weighted by Crippen LogP contribution is 2.55. The van der Waals surface area contributed by atoms with Gasteiger partial charge in [0, 0.05) is 35.4 Å². The molecule has 0 amide bonds. The monoisotopic (exact) mass is 537 g/mol. The highest BCUT2D eigenvalue weighted by Gasteiger charge is 2.47. The molecule has 4 aromatic rings. The Labute approximate surface area is 219 Å². The Morgan fingerprint density at radius 2 is 2.05 bits per heavy atom. The summed E-state index contributed by atoms with van der Waals surface area (Å²) in [6.07, 6.45) is 8.71. The first-order chi connectivity index (χ1) is 18.4. The minimum atomic E-state index is -4.23. The molecule has 1 N–H and O–H groups in total. The maximum Gasteiger partial charge on any atom is 0.272 e. The van der Waals surface area contributed by atoms with Gasteiger partial charge in [-0.25, -0.2) is 13.4 Å². The second-order valence-corrected chi connectivity index (χ2v) is 12.0. The molecule has 4 heterocycles. The highest BCUT2D eigenvalue weighted by atomic mass is 32.2. The van der Waals surface area contributed by atoms with E-state index in [2.05, 4.69) is 20.0 Å². The van der Waals surface area contributed by atoms with Gasteiger partial charge in [0.15, 0.2) is 16.3 Å². The first-order valence-electron chi connectivity index (χ1n) is 12.6. The zero-order chi connectivity index (χ0) is 26.1. The quantitative estimate of drug-likeness (QED) is 0.356. The van der Waals surface area contributed by atoms with E-state index >= 15 is 0 Å². The molecule has 2 fully saturated rings. The van der Waals surface area contributed by atoms with Crippen LogP contribution in [0.1, 0.15) is 48.4 Å². The van der Waals surface area contributed by atoms with E-state index in [0.717, 1.165) is 48.9 Å².